The summed E-state index contributed by atoms with van der Waals surface area (Å²) in [6, 6.07) is 5.20. The van der Waals surface area contributed by atoms with Crippen molar-refractivity contribution in [3.8, 4) is 6.07 Å². The van der Waals surface area contributed by atoms with Crippen molar-refractivity contribution >= 4 is 11.5 Å². The molecule has 0 saturated carbocycles. The molecule has 0 aromatic carbocycles. The molecule has 0 spiro atoms. The van der Waals surface area contributed by atoms with E-state index in [4.69, 9.17) is 11.0 Å². The van der Waals surface area contributed by atoms with Crippen molar-refractivity contribution in [1.29, 1.82) is 5.26 Å². The van der Waals surface area contributed by atoms with E-state index in [1.54, 1.807) is 12.1 Å². The first-order valence-electron chi connectivity index (χ1n) is 4.76. The van der Waals surface area contributed by atoms with Crippen LogP contribution in [0.5, 0.6) is 0 Å². The van der Waals surface area contributed by atoms with E-state index in [-0.39, 0.29) is 5.69 Å². The van der Waals surface area contributed by atoms with Gasteiger partial charge >= 0.3 is 0 Å². The van der Waals surface area contributed by atoms with Crippen molar-refractivity contribution in [2.24, 2.45) is 0 Å². The molecule has 0 radical (unpaired) electrons. The second-order valence-corrected chi connectivity index (χ2v) is 3.19. The van der Waals surface area contributed by atoms with Gasteiger partial charge in [-0.3, -0.25) is 0 Å². The van der Waals surface area contributed by atoms with E-state index >= 15 is 0 Å². The monoisotopic (exact) mass is 206 g/mol. The summed E-state index contributed by atoms with van der Waals surface area (Å²) in [6.45, 7) is 2.31. The molecule has 15 heavy (non-hydrogen) atoms. The van der Waals surface area contributed by atoms with Crippen LogP contribution in [0, 0.1) is 11.3 Å². The molecule has 0 aliphatic rings. The van der Waals surface area contributed by atoms with Crippen LogP contribution < -0.4 is 11.1 Å². The van der Waals surface area contributed by atoms with Gasteiger partial charge in [0.1, 0.15) is 11.9 Å². The van der Waals surface area contributed by atoms with Crippen molar-refractivity contribution in [3.63, 3.8) is 0 Å². The van der Waals surface area contributed by atoms with Crippen LogP contribution in [0.3, 0.4) is 0 Å². The number of nitrogens with two attached hydrogens (primary N) is 1. The molecular formula is C10H14N4O. The Hall–Kier alpha value is -1.80. The zero-order valence-corrected chi connectivity index (χ0v) is 8.57. The van der Waals surface area contributed by atoms with Crippen LogP contribution in [0.2, 0.25) is 0 Å². The van der Waals surface area contributed by atoms with Gasteiger partial charge in [0.05, 0.1) is 11.8 Å². The molecular weight excluding hydrogens is 192 g/mol. The van der Waals surface area contributed by atoms with Crippen molar-refractivity contribution in [1.82, 2.24) is 4.98 Å². The first kappa shape index (κ1) is 11.3. The molecule has 0 saturated heterocycles. The maximum atomic E-state index is 9.32. The maximum Gasteiger partial charge on any atom is 0.165 e. The highest BCUT2D eigenvalue weighted by molar-refractivity contribution is 5.54. The molecule has 0 bridgehead atoms. The number of aromatic nitrogens is 1. The molecule has 0 fully saturated rings. The van der Waals surface area contributed by atoms with E-state index in [1.807, 2.05) is 13.0 Å². The Morgan fingerprint density at radius 1 is 1.67 bits per heavy atom. The Bertz CT molecular complexity index is 372. The van der Waals surface area contributed by atoms with Gasteiger partial charge in [-0.2, -0.15) is 5.26 Å². The SMILES string of the molecule is CCC(O)CNc1ccc(N)c(C#N)n1. The number of nitrogens with zero attached hydrogens (tertiary/aromatic N) is 2. The van der Waals surface area contributed by atoms with Gasteiger partial charge in [0, 0.05) is 6.54 Å². The number of aliphatic hydroxyl groups is 1. The predicted molar refractivity (Wildman–Crippen MR) is 58.2 cm³/mol. The number of pyridine rings is 1. The molecule has 1 rings (SSSR count). The van der Waals surface area contributed by atoms with Crippen molar-refractivity contribution in [3.05, 3.63) is 17.8 Å². The fraction of sp³-hybridized carbons (Fsp3) is 0.400. The van der Waals surface area contributed by atoms with E-state index in [1.165, 1.54) is 0 Å². The maximum absolute atomic E-state index is 9.32. The minimum absolute atomic E-state index is 0.200. The second-order valence-electron chi connectivity index (χ2n) is 3.19. The summed E-state index contributed by atoms with van der Waals surface area (Å²) < 4.78 is 0. The van der Waals surface area contributed by atoms with Crippen molar-refractivity contribution in [2.45, 2.75) is 19.4 Å². The summed E-state index contributed by atoms with van der Waals surface area (Å²) in [4.78, 5) is 3.99. The highest BCUT2D eigenvalue weighted by Gasteiger charge is 2.03. The van der Waals surface area contributed by atoms with E-state index in [9.17, 15) is 5.11 Å². The second kappa shape index (κ2) is 5.17. The van der Waals surface area contributed by atoms with Gasteiger partial charge in [-0.1, -0.05) is 6.92 Å². The van der Waals surface area contributed by atoms with Gasteiger partial charge in [0.25, 0.3) is 0 Å². The van der Waals surface area contributed by atoms with Crippen molar-refractivity contribution in [2.75, 3.05) is 17.6 Å². The molecule has 4 N–H and O–H groups in total. The van der Waals surface area contributed by atoms with Crippen LogP contribution in [0.15, 0.2) is 12.1 Å². The van der Waals surface area contributed by atoms with Crippen LogP contribution >= 0.6 is 0 Å². The Kier molecular flexibility index (Phi) is 3.89. The fourth-order valence-electron chi connectivity index (χ4n) is 1.02. The average Bonchev–Trinajstić information content (AvgIpc) is 2.27. The molecule has 5 heteroatoms. The Balaban J connectivity index is 2.67. The standard InChI is InChI=1S/C10H14N4O/c1-2-7(15)6-13-10-4-3-8(12)9(5-11)14-10/h3-4,7,15H,2,6,12H2,1H3,(H,13,14). The summed E-state index contributed by atoms with van der Waals surface area (Å²) >= 11 is 0. The van der Waals surface area contributed by atoms with Gasteiger partial charge in [-0.25, -0.2) is 4.98 Å². The number of nitrogens with one attached hydrogen (secondary N) is 1. The lowest BCUT2D eigenvalue weighted by atomic mass is 10.2. The molecule has 0 amide bonds. The molecule has 1 unspecified atom stereocenters. The summed E-state index contributed by atoms with van der Waals surface area (Å²) in [7, 11) is 0. The summed E-state index contributed by atoms with van der Waals surface area (Å²) in [5.41, 5.74) is 6.08. The Labute approximate surface area is 88.6 Å². The number of anilines is 2. The van der Waals surface area contributed by atoms with E-state index in [0.717, 1.165) is 0 Å². The molecule has 0 aliphatic carbocycles. The van der Waals surface area contributed by atoms with Gasteiger partial charge in [0.2, 0.25) is 0 Å². The first-order valence-corrected chi connectivity index (χ1v) is 4.76. The third-order valence-corrected chi connectivity index (χ3v) is 2.02. The molecule has 80 valence electrons. The van der Waals surface area contributed by atoms with Gasteiger partial charge < -0.3 is 16.2 Å². The van der Waals surface area contributed by atoms with Crippen LogP contribution in [-0.4, -0.2) is 22.7 Å². The largest absolute Gasteiger partial charge is 0.396 e. The molecule has 1 atom stereocenters. The number of rotatable bonds is 4. The zero-order chi connectivity index (χ0) is 11.3. The lowest BCUT2D eigenvalue weighted by Crippen LogP contribution is -2.18. The third-order valence-electron chi connectivity index (χ3n) is 2.02. The van der Waals surface area contributed by atoms with Crippen molar-refractivity contribution < 1.29 is 5.11 Å². The summed E-state index contributed by atoms with van der Waals surface area (Å²) in [5, 5.41) is 20.9. The van der Waals surface area contributed by atoms with Crippen LogP contribution in [0.1, 0.15) is 19.0 Å². The molecule has 1 aromatic heterocycles. The van der Waals surface area contributed by atoms with Crippen LogP contribution in [0.4, 0.5) is 11.5 Å². The number of hydrogen-bond donors (Lipinski definition) is 3. The first-order chi connectivity index (χ1) is 7.17. The number of aliphatic hydroxyl groups excluding tert-OH is 1. The van der Waals surface area contributed by atoms with E-state index in [0.29, 0.717) is 24.5 Å². The van der Waals surface area contributed by atoms with Crippen LogP contribution in [0.25, 0.3) is 0 Å². The lowest BCUT2D eigenvalue weighted by molar-refractivity contribution is 0.183. The zero-order valence-electron chi connectivity index (χ0n) is 8.57. The Morgan fingerprint density at radius 3 is 3.00 bits per heavy atom. The smallest absolute Gasteiger partial charge is 0.165 e. The van der Waals surface area contributed by atoms with Crippen LogP contribution in [-0.2, 0) is 0 Å². The number of nitrogen functional groups attached to an aromatic ring is 1. The predicted octanol–water partition coefficient (Wildman–Crippen LogP) is 0.718. The van der Waals surface area contributed by atoms with Gasteiger partial charge in [-0.15, -0.1) is 0 Å². The fourth-order valence-corrected chi connectivity index (χ4v) is 1.02. The van der Waals surface area contributed by atoms with E-state index in [2.05, 4.69) is 10.3 Å². The molecule has 1 aromatic rings. The summed E-state index contributed by atoms with van der Waals surface area (Å²) in [6.07, 6.45) is 0.266. The third kappa shape index (κ3) is 3.11. The van der Waals surface area contributed by atoms with Gasteiger partial charge in [0.15, 0.2) is 5.69 Å². The van der Waals surface area contributed by atoms with Gasteiger partial charge in [-0.05, 0) is 18.6 Å². The Morgan fingerprint density at radius 2 is 2.40 bits per heavy atom. The molecule has 0 aliphatic heterocycles. The normalized spacial score (nSPS) is 11.8. The quantitative estimate of drug-likeness (QED) is 0.674. The molecule has 1 heterocycles. The topological polar surface area (TPSA) is 95.0 Å². The highest BCUT2D eigenvalue weighted by atomic mass is 16.3. The average molecular weight is 206 g/mol. The highest BCUT2D eigenvalue weighted by Crippen LogP contribution is 2.11. The molecule has 5 nitrogen and oxygen atoms in total. The minimum Gasteiger partial charge on any atom is -0.396 e. The summed E-state index contributed by atoms with van der Waals surface area (Å²) in [5.74, 6) is 0.549. The lowest BCUT2D eigenvalue weighted by Gasteiger charge is -2.10. The number of hydrogen-bond acceptors (Lipinski definition) is 5. The number of nitriles is 1. The van der Waals surface area contributed by atoms with E-state index < -0.39 is 6.10 Å². The minimum atomic E-state index is -0.408.